The molecule has 80 valence electrons. The van der Waals surface area contributed by atoms with Crippen LogP contribution in [0.5, 0.6) is 0 Å². The molecule has 0 atom stereocenters. The summed E-state index contributed by atoms with van der Waals surface area (Å²) in [6.07, 6.45) is 0.796. The average Bonchev–Trinajstić information content (AvgIpc) is 2.24. The predicted molar refractivity (Wildman–Crippen MR) is 58.6 cm³/mol. The number of aliphatic hydroxyl groups excluding tert-OH is 3. The van der Waals surface area contributed by atoms with E-state index >= 15 is 0 Å². The Morgan fingerprint density at radius 2 is 1.23 bits per heavy atom. The third-order valence-electron chi connectivity index (χ3n) is 0.421. The largest absolute Gasteiger partial charge is 0.394 e. The maximum Gasteiger partial charge on any atom is 0.100 e. The van der Waals surface area contributed by atoms with Crippen LogP contribution in [0, 0.1) is 0 Å². The molecule has 3 heteroatoms. The summed E-state index contributed by atoms with van der Waals surface area (Å²) in [6, 6.07) is 0. The van der Waals surface area contributed by atoms with E-state index in [1.54, 1.807) is 6.08 Å². The van der Waals surface area contributed by atoms with Crippen molar-refractivity contribution in [2.45, 2.75) is 13.0 Å². The van der Waals surface area contributed by atoms with Crippen LogP contribution < -0.4 is 0 Å². The minimum atomic E-state index is -0.954. The first kappa shape index (κ1) is 22.7. The summed E-state index contributed by atoms with van der Waals surface area (Å²) in [4.78, 5) is 0. The number of rotatable bonds is 2. The third kappa shape index (κ3) is 95.6. The van der Waals surface area contributed by atoms with Gasteiger partial charge in [-0.25, -0.2) is 0 Å². The van der Waals surface area contributed by atoms with Crippen LogP contribution in [0.4, 0.5) is 0 Å². The highest BCUT2D eigenvalue weighted by molar-refractivity contribution is 4.51. The Morgan fingerprint density at radius 1 is 1.08 bits per heavy atom. The molecule has 3 N–H and O–H groups in total. The van der Waals surface area contributed by atoms with Gasteiger partial charge >= 0.3 is 0 Å². The second-order valence-electron chi connectivity index (χ2n) is 1.43. The zero-order valence-electron chi connectivity index (χ0n) is 8.45. The molecule has 0 bridgehead atoms. The molecule has 0 radical (unpaired) electrons. The van der Waals surface area contributed by atoms with Gasteiger partial charge in [-0.15, -0.1) is 32.9 Å². The molecule has 0 aliphatic carbocycles. The van der Waals surface area contributed by atoms with Gasteiger partial charge in [0.1, 0.15) is 6.10 Å². The van der Waals surface area contributed by atoms with Crippen molar-refractivity contribution in [3.63, 3.8) is 0 Å². The lowest BCUT2D eigenvalue weighted by Gasteiger charge is -1.96. The van der Waals surface area contributed by atoms with E-state index in [9.17, 15) is 0 Å². The molecular formula is C10H22O3. The lowest BCUT2D eigenvalue weighted by Crippen LogP contribution is -2.15. The van der Waals surface area contributed by atoms with Gasteiger partial charge in [0.2, 0.25) is 0 Å². The van der Waals surface area contributed by atoms with E-state index in [1.807, 2.05) is 6.92 Å². The highest BCUT2D eigenvalue weighted by Gasteiger charge is 1.93. The molecule has 0 aromatic rings. The molecule has 0 amide bonds. The fourth-order valence-electron chi connectivity index (χ4n) is 0.0577. The molecule has 0 rings (SSSR count). The maximum atomic E-state index is 8.17. The minimum Gasteiger partial charge on any atom is -0.394 e. The number of aliphatic hydroxyl groups is 3. The van der Waals surface area contributed by atoms with Gasteiger partial charge in [-0.1, -0.05) is 6.08 Å². The Hall–Kier alpha value is -0.900. The van der Waals surface area contributed by atoms with Gasteiger partial charge in [-0.3, -0.25) is 0 Å². The van der Waals surface area contributed by atoms with Gasteiger partial charge in [0.05, 0.1) is 13.2 Å². The van der Waals surface area contributed by atoms with Gasteiger partial charge < -0.3 is 15.3 Å². The molecule has 13 heavy (non-hydrogen) atoms. The third-order valence-corrected chi connectivity index (χ3v) is 0.421. The molecule has 0 unspecified atom stereocenters. The molecule has 0 spiro atoms. The molecule has 0 aliphatic heterocycles. The van der Waals surface area contributed by atoms with Crippen LogP contribution in [0.15, 0.2) is 39.0 Å². The monoisotopic (exact) mass is 190 g/mol. The number of allylic oxidation sites excluding steroid dienone is 1. The Bertz CT molecular complexity index is 68.6. The van der Waals surface area contributed by atoms with E-state index in [2.05, 4.69) is 32.9 Å². The molecule has 0 fully saturated rings. The van der Waals surface area contributed by atoms with Gasteiger partial charge in [0.25, 0.3) is 0 Å². The van der Waals surface area contributed by atoms with Gasteiger partial charge in [0.15, 0.2) is 0 Å². The lowest BCUT2D eigenvalue weighted by atomic mass is 10.4. The van der Waals surface area contributed by atoms with Crippen molar-refractivity contribution in [2.75, 3.05) is 13.2 Å². The van der Waals surface area contributed by atoms with E-state index in [-0.39, 0.29) is 13.2 Å². The highest BCUT2D eigenvalue weighted by atomic mass is 16.3. The number of hydrogen-bond donors (Lipinski definition) is 3. The summed E-state index contributed by atoms with van der Waals surface area (Å²) in [5.41, 5.74) is 0. The first-order valence-electron chi connectivity index (χ1n) is 3.69. The van der Waals surface area contributed by atoms with Crippen LogP contribution in [-0.2, 0) is 0 Å². The zero-order valence-corrected chi connectivity index (χ0v) is 8.45. The van der Waals surface area contributed by atoms with Gasteiger partial charge in [-0.05, 0) is 6.92 Å². The van der Waals surface area contributed by atoms with Gasteiger partial charge in [0, 0.05) is 0 Å². The van der Waals surface area contributed by atoms with E-state index in [1.165, 1.54) is 0 Å². The molecule has 0 aromatic heterocycles. The van der Waals surface area contributed by atoms with Crippen molar-refractivity contribution < 1.29 is 15.3 Å². The summed E-state index contributed by atoms with van der Waals surface area (Å²) in [7, 11) is 0. The van der Waals surface area contributed by atoms with E-state index in [4.69, 9.17) is 15.3 Å². The van der Waals surface area contributed by atoms with Gasteiger partial charge in [-0.2, -0.15) is 0 Å². The topological polar surface area (TPSA) is 60.7 Å². The Kier molecular flexibility index (Phi) is 76.1. The molecule has 0 aromatic carbocycles. The molecule has 3 nitrogen and oxygen atoms in total. The van der Waals surface area contributed by atoms with Crippen LogP contribution >= 0.6 is 0 Å². The van der Waals surface area contributed by atoms with Crippen molar-refractivity contribution in [1.29, 1.82) is 0 Å². The fourth-order valence-corrected chi connectivity index (χ4v) is 0.0577. The van der Waals surface area contributed by atoms with Crippen LogP contribution in [0.25, 0.3) is 0 Å². The van der Waals surface area contributed by atoms with Crippen LogP contribution in [0.2, 0.25) is 0 Å². The van der Waals surface area contributed by atoms with E-state index in [0.29, 0.717) is 0 Å². The molecular weight excluding hydrogens is 168 g/mol. The standard InChI is InChI=1S/C3H8O3.C3H6.2C2H4/c4-1-3(6)2-5;1-3-2;2*1-2/h3-6H,1-2H2;3H,1H2,2H3;2*1-2H2. The zero-order chi connectivity index (χ0) is 11.7. The van der Waals surface area contributed by atoms with Crippen LogP contribution in [-0.4, -0.2) is 34.6 Å². The maximum absolute atomic E-state index is 8.17. The first-order chi connectivity index (χ1) is 6.22. The number of hydrogen-bond acceptors (Lipinski definition) is 3. The molecule has 0 saturated heterocycles. The fraction of sp³-hybridized carbons (Fsp3) is 0.400. The smallest absolute Gasteiger partial charge is 0.100 e. The Morgan fingerprint density at radius 3 is 1.23 bits per heavy atom. The van der Waals surface area contributed by atoms with E-state index < -0.39 is 6.10 Å². The SMILES string of the molecule is C=C.C=C.C=CC.OCC(O)CO. The van der Waals surface area contributed by atoms with E-state index in [0.717, 1.165) is 0 Å². The predicted octanol–water partition coefficient (Wildman–Crippen LogP) is 1.13. The van der Waals surface area contributed by atoms with Crippen molar-refractivity contribution in [2.24, 2.45) is 0 Å². The summed E-state index contributed by atoms with van der Waals surface area (Å²) in [6.45, 7) is 16.5. The van der Waals surface area contributed by atoms with Crippen LogP contribution in [0.1, 0.15) is 6.92 Å². The summed E-state index contributed by atoms with van der Waals surface area (Å²) in [5.74, 6) is 0. The Balaban J connectivity index is -0.0000000493. The van der Waals surface area contributed by atoms with Crippen molar-refractivity contribution >= 4 is 0 Å². The quantitative estimate of drug-likeness (QED) is 0.572. The second kappa shape index (κ2) is 43.5. The average molecular weight is 190 g/mol. The summed E-state index contributed by atoms with van der Waals surface area (Å²) < 4.78 is 0. The molecule has 0 heterocycles. The normalized spacial score (nSPS) is 6.23. The van der Waals surface area contributed by atoms with Crippen molar-refractivity contribution in [3.05, 3.63) is 39.0 Å². The Labute approximate surface area is 81.4 Å². The minimum absolute atomic E-state index is 0.365. The lowest BCUT2D eigenvalue weighted by molar-refractivity contribution is 0.0450. The van der Waals surface area contributed by atoms with Crippen LogP contribution in [0.3, 0.4) is 0 Å². The van der Waals surface area contributed by atoms with Crippen molar-refractivity contribution in [3.8, 4) is 0 Å². The molecule has 0 aliphatic rings. The second-order valence-corrected chi connectivity index (χ2v) is 1.43. The van der Waals surface area contributed by atoms with Crippen molar-refractivity contribution in [1.82, 2.24) is 0 Å². The first-order valence-corrected chi connectivity index (χ1v) is 3.69. The summed E-state index contributed by atoms with van der Waals surface area (Å²) in [5, 5.41) is 24.0. The molecule has 0 saturated carbocycles. The highest BCUT2D eigenvalue weighted by Crippen LogP contribution is 1.71. The summed E-state index contributed by atoms with van der Waals surface area (Å²) >= 11 is 0.